The van der Waals surface area contributed by atoms with Crippen LogP contribution in [0.1, 0.15) is 45.4 Å². The van der Waals surface area contributed by atoms with Crippen molar-refractivity contribution in [3.05, 3.63) is 53.5 Å². The van der Waals surface area contributed by atoms with Gasteiger partial charge in [-0.3, -0.25) is 9.48 Å². The molecular formula is C19H20N4O3. The number of hydrogen-bond donors (Lipinski definition) is 2. The molecule has 2 aromatic heterocycles. The van der Waals surface area contributed by atoms with Crippen LogP contribution in [0.4, 0.5) is 0 Å². The van der Waals surface area contributed by atoms with Gasteiger partial charge in [-0.1, -0.05) is 18.2 Å². The van der Waals surface area contributed by atoms with Crippen LogP contribution >= 0.6 is 0 Å². The Balaban J connectivity index is 1.46. The number of amides is 1. The molecule has 7 heteroatoms. The zero-order chi connectivity index (χ0) is 18.3. The normalized spacial score (nSPS) is 15.5. The molecule has 1 fully saturated rings. The molecule has 0 spiro atoms. The third kappa shape index (κ3) is 2.75. The lowest BCUT2D eigenvalue weighted by atomic mass is 10.0. The Morgan fingerprint density at radius 2 is 1.96 bits per heavy atom. The molecule has 2 N–H and O–H groups in total. The number of piperidine rings is 1. The van der Waals surface area contributed by atoms with E-state index in [2.05, 4.69) is 10.1 Å². The molecule has 0 unspecified atom stereocenters. The minimum Gasteiger partial charge on any atom is -0.478 e. The number of H-pyrrole nitrogens is 1. The lowest BCUT2D eigenvalue weighted by molar-refractivity contribution is 0.0683. The van der Waals surface area contributed by atoms with Crippen molar-refractivity contribution < 1.29 is 14.7 Å². The molecule has 1 aliphatic rings. The number of nitrogens with one attached hydrogen (secondary N) is 1. The number of carbonyl (C=O) groups excluding carboxylic acids is 1. The van der Waals surface area contributed by atoms with E-state index in [0.717, 1.165) is 23.7 Å². The summed E-state index contributed by atoms with van der Waals surface area (Å²) in [5.41, 5.74) is 2.46. The Kier molecular flexibility index (Phi) is 3.99. The van der Waals surface area contributed by atoms with Gasteiger partial charge in [0.05, 0.1) is 17.9 Å². The van der Waals surface area contributed by atoms with Crippen molar-refractivity contribution in [3.8, 4) is 0 Å². The topological polar surface area (TPSA) is 91.2 Å². The number of aromatic nitrogens is 3. The van der Waals surface area contributed by atoms with E-state index in [-0.39, 0.29) is 17.5 Å². The molecule has 0 atom stereocenters. The van der Waals surface area contributed by atoms with Crippen molar-refractivity contribution in [1.29, 1.82) is 0 Å². The average molecular weight is 352 g/mol. The molecule has 3 aromatic rings. The van der Waals surface area contributed by atoms with Gasteiger partial charge in [0.1, 0.15) is 11.3 Å². The number of aromatic carboxylic acids is 1. The number of hydrogen-bond acceptors (Lipinski definition) is 3. The van der Waals surface area contributed by atoms with Gasteiger partial charge in [0.15, 0.2) is 0 Å². The predicted octanol–water partition coefficient (Wildman–Crippen LogP) is 2.85. The Labute approximate surface area is 150 Å². The number of para-hydroxylation sites is 1. The standard InChI is InChI=1S/C19H20N4O3/c1-12-15(19(25)26)11-20-23(12)14-6-8-22(9-7-14)18(24)17-10-13-4-2-3-5-16(13)21-17/h2-5,10-11,14,21H,6-9H2,1H3,(H,25,26). The van der Waals surface area contributed by atoms with Crippen LogP contribution in [0, 0.1) is 6.92 Å². The predicted molar refractivity (Wildman–Crippen MR) is 96.4 cm³/mol. The van der Waals surface area contributed by atoms with Gasteiger partial charge in [-0.2, -0.15) is 5.10 Å². The maximum Gasteiger partial charge on any atom is 0.339 e. The van der Waals surface area contributed by atoms with Crippen LogP contribution in [0.5, 0.6) is 0 Å². The lowest BCUT2D eigenvalue weighted by Gasteiger charge is -2.32. The van der Waals surface area contributed by atoms with Gasteiger partial charge in [-0.05, 0) is 31.9 Å². The van der Waals surface area contributed by atoms with Crippen LogP contribution in [-0.4, -0.2) is 49.7 Å². The number of benzene rings is 1. The van der Waals surface area contributed by atoms with E-state index >= 15 is 0 Å². The summed E-state index contributed by atoms with van der Waals surface area (Å²) in [5.74, 6) is -0.955. The third-order valence-electron chi connectivity index (χ3n) is 5.13. The van der Waals surface area contributed by atoms with E-state index in [4.69, 9.17) is 5.11 Å². The number of aromatic amines is 1. The molecule has 4 rings (SSSR count). The van der Waals surface area contributed by atoms with Crippen LogP contribution in [0.2, 0.25) is 0 Å². The van der Waals surface area contributed by atoms with Gasteiger partial charge in [0, 0.05) is 24.0 Å². The van der Waals surface area contributed by atoms with Gasteiger partial charge < -0.3 is 15.0 Å². The quantitative estimate of drug-likeness (QED) is 0.758. The summed E-state index contributed by atoms with van der Waals surface area (Å²) >= 11 is 0. The van der Waals surface area contributed by atoms with Crippen LogP contribution in [-0.2, 0) is 0 Å². The molecule has 7 nitrogen and oxygen atoms in total. The van der Waals surface area contributed by atoms with Crippen molar-refractivity contribution in [2.24, 2.45) is 0 Å². The van der Waals surface area contributed by atoms with E-state index in [1.807, 2.05) is 35.2 Å². The summed E-state index contributed by atoms with van der Waals surface area (Å²) in [6.45, 7) is 3.03. The van der Waals surface area contributed by atoms with E-state index < -0.39 is 5.97 Å². The molecule has 0 saturated carbocycles. The summed E-state index contributed by atoms with van der Waals surface area (Å²) in [5, 5.41) is 14.4. The highest BCUT2D eigenvalue weighted by Crippen LogP contribution is 2.26. The van der Waals surface area contributed by atoms with Crippen LogP contribution in [0.25, 0.3) is 10.9 Å². The number of likely N-dealkylation sites (tertiary alicyclic amines) is 1. The second-order valence-electron chi connectivity index (χ2n) is 6.69. The fourth-order valence-corrected chi connectivity index (χ4v) is 3.67. The number of nitrogens with zero attached hydrogens (tertiary/aromatic N) is 3. The fourth-order valence-electron chi connectivity index (χ4n) is 3.67. The van der Waals surface area contributed by atoms with Crippen LogP contribution in [0.3, 0.4) is 0 Å². The first-order valence-electron chi connectivity index (χ1n) is 8.69. The fraction of sp³-hybridized carbons (Fsp3) is 0.316. The molecular weight excluding hydrogens is 332 g/mol. The maximum atomic E-state index is 12.8. The maximum absolute atomic E-state index is 12.8. The van der Waals surface area contributed by atoms with Crippen LogP contribution < -0.4 is 0 Å². The van der Waals surface area contributed by atoms with Gasteiger partial charge in [0.25, 0.3) is 5.91 Å². The minimum absolute atomic E-state index is 0.00284. The van der Waals surface area contributed by atoms with Crippen molar-refractivity contribution in [3.63, 3.8) is 0 Å². The summed E-state index contributed by atoms with van der Waals surface area (Å²) in [7, 11) is 0. The number of carboxylic acids is 1. The average Bonchev–Trinajstić information content (AvgIpc) is 3.24. The summed E-state index contributed by atoms with van der Waals surface area (Å²) in [6, 6.07) is 9.84. The summed E-state index contributed by atoms with van der Waals surface area (Å²) < 4.78 is 1.79. The van der Waals surface area contributed by atoms with E-state index in [9.17, 15) is 9.59 Å². The highest BCUT2D eigenvalue weighted by molar-refractivity contribution is 5.98. The molecule has 134 valence electrons. The molecule has 0 bridgehead atoms. The number of carbonyl (C=O) groups is 2. The van der Waals surface area contributed by atoms with E-state index in [0.29, 0.717) is 24.5 Å². The lowest BCUT2D eigenvalue weighted by Crippen LogP contribution is -2.39. The summed E-state index contributed by atoms with van der Waals surface area (Å²) in [4.78, 5) is 29.0. The Morgan fingerprint density at radius 1 is 1.23 bits per heavy atom. The zero-order valence-electron chi connectivity index (χ0n) is 14.5. The molecule has 0 radical (unpaired) electrons. The SMILES string of the molecule is Cc1c(C(=O)O)cnn1C1CCN(C(=O)c2cc3ccccc3[nH]2)CC1. The molecule has 1 amide bonds. The molecule has 0 aliphatic carbocycles. The minimum atomic E-state index is -0.958. The zero-order valence-corrected chi connectivity index (χ0v) is 14.5. The molecule has 1 aliphatic heterocycles. The first-order valence-corrected chi connectivity index (χ1v) is 8.69. The number of fused-ring (bicyclic) bond motifs is 1. The highest BCUT2D eigenvalue weighted by atomic mass is 16.4. The van der Waals surface area contributed by atoms with Crippen molar-refractivity contribution in [2.45, 2.75) is 25.8 Å². The van der Waals surface area contributed by atoms with Crippen molar-refractivity contribution in [1.82, 2.24) is 19.7 Å². The second kappa shape index (κ2) is 6.33. The van der Waals surface area contributed by atoms with E-state index in [1.165, 1.54) is 6.20 Å². The van der Waals surface area contributed by atoms with Crippen molar-refractivity contribution >= 4 is 22.8 Å². The number of rotatable bonds is 3. The molecule has 3 heterocycles. The highest BCUT2D eigenvalue weighted by Gasteiger charge is 2.27. The van der Waals surface area contributed by atoms with Crippen molar-refractivity contribution in [2.75, 3.05) is 13.1 Å². The molecule has 1 saturated heterocycles. The first-order chi connectivity index (χ1) is 12.5. The van der Waals surface area contributed by atoms with Gasteiger partial charge in [0.2, 0.25) is 0 Å². The molecule has 1 aromatic carbocycles. The van der Waals surface area contributed by atoms with E-state index in [1.54, 1.807) is 11.6 Å². The third-order valence-corrected chi connectivity index (χ3v) is 5.13. The summed E-state index contributed by atoms with van der Waals surface area (Å²) in [6.07, 6.45) is 2.92. The first kappa shape index (κ1) is 16.4. The second-order valence-corrected chi connectivity index (χ2v) is 6.69. The Bertz CT molecular complexity index is 947. The smallest absolute Gasteiger partial charge is 0.339 e. The van der Waals surface area contributed by atoms with Gasteiger partial charge in [-0.15, -0.1) is 0 Å². The largest absolute Gasteiger partial charge is 0.478 e. The van der Waals surface area contributed by atoms with Gasteiger partial charge in [-0.25, -0.2) is 4.79 Å². The Hall–Kier alpha value is -3.09. The number of carboxylic acid groups (broad SMARTS) is 1. The van der Waals surface area contributed by atoms with Crippen LogP contribution in [0.15, 0.2) is 36.5 Å². The van der Waals surface area contributed by atoms with Gasteiger partial charge >= 0.3 is 5.97 Å². The monoisotopic (exact) mass is 352 g/mol. The molecule has 26 heavy (non-hydrogen) atoms. The Morgan fingerprint density at radius 3 is 2.62 bits per heavy atom.